The van der Waals surface area contributed by atoms with Crippen molar-refractivity contribution < 1.29 is 13.7 Å². The van der Waals surface area contributed by atoms with Gasteiger partial charge in [-0.2, -0.15) is 4.98 Å². The molecule has 2 aromatic rings. The Morgan fingerprint density at radius 1 is 1.50 bits per heavy atom. The number of amides is 1. The van der Waals surface area contributed by atoms with Crippen molar-refractivity contribution >= 4 is 5.91 Å². The summed E-state index contributed by atoms with van der Waals surface area (Å²) in [6.07, 6.45) is 2.74. The second kappa shape index (κ2) is 7.53. The van der Waals surface area contributed by atoms with Crippen molar-refractivity contribution in [1.82, 2.24) is 20.8 Å². The molecule has 3 rings (SSSR count). The van der Waals surface area contributed by atoms with Crippen molar-refractivity contribution in [2.45, 2.75) is 38.6 Å². The first-order chi connectivity index (χ1) is 11.6. The third-order valence-corrected chi connectivity index (χ3v) is 4.13. The van der Waals surface area contributed by atoms with E-state index in [0.717, 1.165) is 25.9 Å². The molecule has 6 nitrogen and oxygen atoms in total. The summed E-state index contributed by atoms with van der Waals surface area (Å²) in [5, 5.41) is 10.1. The molecule has 0 bridgehead atoms. The van der Waals surface area contributed by atoms with E-state index >= 15 is 0 Å². The topological polar surface area (TPSA) is 80.0 Å². The molecule has 0 saturated carbocycles. The van der Waals surface area contributed by atoms with Crippen LogP contribution in [0.15, 0.2) is 22.7 Å². The highest BCUT2D eigenvalue weighted by Crippen LogP contribution is 2.19. The van der Waals surface area contributed by atoms with Crippen LogP contribution in [0.2, 0.25) is 0 Å². The number of halogens is 1. The fourth-order valence-corrected chi connectivity index (χ4v) is 2.70. The summed E-state index contributed by atoms with van der Waals surface area (Å²) in [5.74, 6) is 0.382. The Balaban J connectivity index is 1.53. The minimum absolute atomic E-state index is 0.0233. The normalized spacial score (nSPS) is 17.7. The number of piperidine rings is 1. The number of aryl methyl sites for hydroxylation is 2. The molecule has 1 atom stereocenters. The Morgan fingerprint density at radius 3 is 3.12 bits per heavy atom. The fourth-order valence-electron chi connectivity index (χ4n) is 2.70. The van der Waals surface area contributed by atoms with Gasteiger partial charge < -0.3 is 15.2 Å². The summed E-state index contributed by atoms with van der Waals surface area (Å²) in [7, 11) is 0. The van der Waals surface area contributed by atoms with Crippen LogP contribution < -0.4 is 10.6 Å². The molecule has 2 heterocycles. The quantitative estimate of drug-likeness (QED) is 0.875. The second-order valence-electron chi connectivity index (χ2n) is 6.09. The average Bonchev–Trinajstić information content (AvgIpc) is 3.05. The molecular weight excluding hydrogens is 311 g/mol. The number of nitrogens with one attached hydrogen (secondary N) is 2. The number of carbonyl (C=O) groups is 1. The van der Waals surface area contributed by atoms with Crippen molar-refractivity contribution in [1.29, 1.82) is 0 Å². The molecular formula is C17H21FN4O2. The van der Waals surface area contributed by atoms with Crippen molar-refractivity contribution in [3.05, 3.63) is 35.5 Å². The number of benzene rings is 1. The van der Waals surface area contributed by atoms with E-state index in [0.29, 0.717) is 35.7 Å². The Hall–Kier alpha value is -2.28. The van der Waals surface area contributed by atoms with Crippen LogP contribution in [0.4, 0.5) is 4.39 Å². The van der Waals surface area contributed by atoms with Crippen LogP contribution in [0, 0.1) is 12.7 Å². The Kier molecular flexibility index (Phi) is 5.20. The zero-order chi connectivity index (χ0) is 16.9. The molecule has 1 unspecified atom stereocenters. The molecule has 0 spiro atoms. The third kappa shape index (κ3) is 4.17. The van der Waals surface area contributed by atoms with Crippen LogP contribution in [0.1, 0.15) is 30.7 Å². The summed E-state index contributed by atoms with van der Waals surface area (Å²) in [5.41, 5.74) is 1.13. The maximum Gasteiger partial charge on any atom is 0.227 e. The highest BCUT2D eigenvalue weighted by atomic mass is 19.1. The van der Waals surface area contributed by atoms with E-state index in [9.17, 15) is 9.18 Å². The van der Waals surface area contributed by atoms with E-state index in [1.165, 1.54) is 6.07 Å². The van der Waals surface area contributed by atoms with E-state index in [1.54, 1.807) is 19.1 Å². The molecule has 0 aliphatic carbocycles. The first kappa shape index (κ1) is 16.6. The summed E-state index contributed by atoms with van der Waals surface area (Å²) >= 11 is 0. The predicted octanol–water partition coefficient (Wildman–Crippen LogP) is 1.98. The third-order valence-electron chi connectivity index (χ3n) is 4.13. The highest BCUT2D eigenvalue weighted by Gasteiger charge is 2.16. The molecule has 1 fully saturated rings. The minimum Gasteiger partial charge on any atom is -0.352 e. The summed E-state index contributed by atoms with van der Waals surface area (Å²) in [4.78, 5) is 16.2. The van der Waals surface area contributed by atoms with Gasteiger partial charge in [-0.3, -0.25) is 4.79 Å². The average molecular weight is 332 g/mol. The van der Waals surface area contributed by atoms with Gasteiger partial charge in [-0.1, -0.05) is 17.3 Å². The lowest BCUT2D eigenvalue weighted by atomic mass is 10.1. The van der Waals surface area contributed by atoms with E-state index in [4.69, 9.17) is 4.52 Å². The summed E-state index contributed by atoms with van der Waals surface area (Å²) < 4.78 is 18.8. The molecule has 7 heteroatoms. The molecule has 0 radical (unpaired) electrons. The van der Waals surface area contributed by atoms with E-state index < -0.39 is 0 Å². The molecule has 1 amide bonds. The molecule has 1 aromatic carbocycles. The largest absolute Gasteiger partial charge is 0.352 e. The number of hydrogen-bond donors (Lipinski definition) is 2. The van der Waals surface area contributed by atoms with Gasteiger partial charge in [0.1, 0.15) is 5.82 Å². The molecule has 24 heavy (non-hydrogen) atoms. The van der Waals surface area contributed by atoms with E-state index in [1.807, 2.05) is 0 Å². The van der Waals surface area contributed by atoms with Crippen LogP contribution in [-0.4, -0.2) is 35.2 Å². The Bertz CT molecular complexity index is 710. The zero-order valence-electron chi connectivity index (χ0n) is 13.6. The van der Waals surface area contributed by atoms with E-state index in [2.05, 4.69) is 20.8 Å². The van der Waals surface area contributed by atoms with Gasteiger partial charge in [0.25, 0.3) is 0 Å². The van der Waals surface area contributed by atoms with E-state index in [-0.39, 0.29) is 17.8 Å². The number of rotatable bonds is 5. The highest BCUT2D eigenvalue weighted by molar-refractivity contribution is 5.76. The Labute approximate surface area is 139 Å². The van der Waals surface area contributed by atoms with Crippen molar-refractivity contribution in [2.24, 2.45) is 0 Å². The predicted molar refractivity (Wildman–Crippen MR) is 86.8 cm³/mol. The zero-order valence-corrected chi connectivity index (χ0v) is 13.6. The summed E-state index contributed by atoms with van der Waals surface area (Å²) in [6.45, 7) is 3.52. The Morgan fingerprint density at radius 2 is 2.38 bits per heavy atom. The minimum atomic E-state index is -0.306. The monoisotopic (exact) mass is 332 g/mol. The number of aromatic nitrogens is 2. The van der Waals surface area contributed by atoms with Crippen molar-refractivity contribution in [3.8, 4) is 11.4 Å². The van der Waals surface area contributed by atoms with Gasteiger partial charge in [-0.25, -0.2) is 4.39 Å². The molecule has 1 aliphatic rings. The van der Waals surface area contributed by atoms with Gasteiger partial charge in [-0.15, -0.1) is 0 Å². The van der Waals surface area contributed by atoms with Gasteiger partial charge >= 0.3 is 0 Å². The molecule has 1 saturated heterocycles. The van der Waals surface area contributed by atoms with Gasteiger partial charge in [-0.05, 0) is 37.9 Å². The van der Waals surface area contributed by atoms with Gasteiger partial charge in [0.2, 0.25) is 17.6 Å². The lowest BCUT2D eigenvalue weighted by molar-refractivity contribution is -0.121. The summed E-state index contributed by atoms with van der Waals surface area (Å²) in [6, 6.07) is 5.00. The standard InChI is InChI=1S/C17H21FN4O2/c1-11-4-5-12(9-14(11)18)17-21-16(24-22-17)7-6-15(23)20-13-3-2-8-19-10-13/h4-5,9,13,19H,2-3,6-8,10H2,1H3,(H,20,23). The molecule has 1 aromatic heterocycles. The lowest BCUT2D eigenvalue weighted by Crippen LogP contribution is -2.45. The van der Waals surface area contributed by atoms with Gasteiger partial charge in [0.15, 0.2) is 0 Å². The first-order valence-corrected chi connectivity index (χ1v) is 8.21. The fraction of sp³-hybridized carbons (Fsp3) is 0.471. The lowest BCUT2D eigenvalue weighted by Gasteiger charge is -2.23. The van der Waals surface area contributed by atoms with Gasteiger partial charge in [0, 0.05) is 31.0 Å². The first-order valence-electron chi connectivity index (χ1n) is 8.21. The number of nitrogens with zero attached hydrogens (tertiary/aromatic N) is 2. The number of hydrogen-bond acceptors (Lipinski definition) is 5. The second-order valence-corrected chi connectivity index (χ2v) is 6.09. The SMILES string of the molecule is Cc1ccc(-c2noc(CCC(=O)NC3CCCNC3)n2)cc1F. The maximum absolute atomic E-state index is 13.6. The van der Waals surface area contributed by atoms with Crippen LogP contribution >= 0.6 is 0 Å². The smallest absolute Gasteiger partial charge is 0.227 e. The maximum atomic E-state index is 13.6. The molecule has 128 valence electrons. The van der Waals surface area contributed by atoms with Crippen LogP contribution in [0.3, 0.4) is 0 Å². The number of carbonyl (C=O) groups excluding carboxylic acids is 1. The molecule has 2 N–H and O–H groups in total. The molecule has 1 aliphatic heterocycles. The van der Waals surface area contributed by atoms with Gasteiger partial charge in [0.05, 0.1) is 0 Å². The van der Waals surface area contributed by atoms with Crippen molar-refractivity contribution in [2.75, 3.05) is 13.1 Å². The van der Waals surface area contributed by atoms with Crippen LogP contribution in [-0.2, 0) is 11.2 Å². The van der Waals surface area contributed by atoms with Crippen LogP contribution in [0.5, 0.6) is 0 Å². The van der Waals surface area contributed by atoms with Crippen LogP contribution in [0.25, 0.3) is 11.4 Å². The van der Waals surface area contributed by atoms with Crippen molar-refractivity contribution in [3.63, 3.8) is 0 Å².